The number of hydrogen-bond donors (Lipinski definition) is 1. The molecule has 0 spiro atoms. The Morgan fingerprint density at radius 2 is 1.89 bits per heavy atom. The van der Waals surface area contributed by atoms with Gasteiger partial charge in [0, 0.05) is 19.3 Å². The van der Waals surface area contributed by atoms with Gasteiger partial charge in [0.25, 0.3) is 0 Å². The van der Waals surface area contributed by atoms with Crippen molar-refractivity contribution >= 4 is 11.2 Å². The van der Waals surface area contributed by atoms with E-state index in [1.54, 1.807) is 13.2 Å². The molecule has 0 amide bonds. The van der Waals surface area contributed by atoms with Crippen molar-refractivity contribution in [3.8, 4) is 5.88 Å². The van der Waals surface area contributed by atoms with Gasteiger partial charge in [-0.1, -0.05) is 0 Å². The molecule has 0 saturated carbocycles. The summed E-state index contributed by atoms with van der Waals surface area (Å²) in [7, 11) is 1.57. The first kappa shape index (κ1) is 12.8. The highest BCUT2D eigenvalue weighted by Gasteiger charge is 2.16. The van der Waals surface area contributed by atoms with Crippen LogP contribution in [-0.4, -0.2) is 35.3 Å². The smallest absolute Gasteiger partial charge is 0.217 e. The first-order chi connectivity index (χ1) is 8.78. The molecule has 0 aliphatic rings. The van der Waals surface area contributed by atoms with Gasteiger partial charge in [0.05, 0.1) is 12.6 Å². The zero-order valence-corrected chi connectivity index (χ0v) is 10.8. The molecule has 0 radical (unpaired) electrons. The molecule has 6 heteroatoms. The molecule has 18 heavy (non-hydrogen) atoms. The largest absolute Gasteiger partial charge is 0.481 e. The van der Waals surface area contributed by atoms with E-state index in [1.165, 1.54) is 0 Å². The van der Waals surface area contributed by atoms with Crippen molar-refractivity contribution in [3.05, 3.63) is 18.0 Å². The van der Waals surface area contributed by atoms with Crippen molar-refractivity contribution in [2.45, 2.75) is 20.1 Å². The highest BCUT2D eigenvalue weighted by molar-refractivity contribution is 5.71. The maximum Gasteiger partial charge on any atom is 0.217 e. The number of imidazole rings is 1. The molecule has 2 aromatic heterocycles. The Kier molecular flexibility index (Phi) is 4.11. The lowest BCUT2D eigenvalue weighted by Gasteiger charge is -2.13. The third-order valence-corrected chi connectivity index (χ3v) is 2.41. The molecule has 0 unspecified atom stereocenters. The molecule has 2 heterocycles. The number of aromatic amines is 1. The Bertz CT molecular complexity index is 506. The minimum absolute atomic E-state index is 0.486. The van der Waals surface area contributed by atoms with E-state index in [4.69, 9.17) is 14.2 Å². The van der Waals surface area contributed by atoms with Gasteiger partial charge in [-0.15, -0.1) is 0 Å². The quantitative estimate of drug-likeness (QED) is 0.795. The van der Waals surface area contributed by atoms with Crippen LogP contribution < -0.4 is 4.74 Å². The molecule has 0 fully saturated rings. The van der Waals surface area contributed by atoms with E-state index in [9.17, 15) is 0 Å². The summed E-state index contributed by atoms with van der Waals surface area (Å²) in [6.45, 7) is 4.93. The van der Waals surface area contributed by atoms with E-state index < -0.39 is 6.29 Å². The highest BCUT2D eigenvalue weighted by atomic mass is 16.7. The van der Waals surface area contributed by atoms with Crippen molar-refractivity contribution in [1.82, 2.24) is 15.0 Å². The maximum atomic E-state index is 5.48. The number of H-pyrrole nitrogens is 1. The Morgan fingerprint density at radius 1 is 1.17 bits per heavy atom. The summed E-state index contributed by atoms with van der Waals surface area (Å²) in [5.41, 5.74) is 1.42. The molecule has 2 rings (SSSR count). The first-order valence-corrected chi connectivity index (χ1v) is 5.92. The van der Waals surface area contributed by atoms with E-state index in [1.807, 2.05) is 19.9 Å². The summed E-state index contributed by atoms with van der Waals surface area (Å²) >= 11 is 0. The van der Waals surface area contributed by atoms with E-state index in [2.05, 4.69) is 15.0 Å². The van der Waals surface area contributed by atoms with Gasteiger partial charge < -0.3 is 19.2 Å². The molecule has 2 aromatic rings. The average Bonchev–Trinajstić information content (AvgIpc) is 2.81. The third kappa shape index (κ3) is 2.60. The molecular formula is C12H17N3O3. The molecule has 1 N–H and O–H groups in total. The normalized spacial score (nSPS) is 11.3. The second-order valence-corrected chi connectivity index (χ2v) is 3.59. The summed E-state index contributed by atoms with van der Waals surface area (Å²) < 4.78 is 16.0. The van der Waals surface area contributed by atoms with Crippen LogP contribution >= 0.6 is 0 Å². The van der Waals surface area contributed by atoms with Crippen LogP contribution in [0.5, 0.6) is 5.88 Å². The molecule has 0 saturated heterocycles. The number of aromatic nitrogens is 3. The molecule has 98 valence electrons. The Hall–Kier alpha value is -1.66. The highest BCUT2D eigenvalue weighted by Crippen LogP contribution is 2.20. The van der Waals surface area contributed by atoms with Crippen LogP contribution in [0.2, 0.25) is 0 Å². The van der Waals surface area contributed by atoms with Crippen molar-refractivity contribution in [2.75, 3.05) is 20.3 Å². The van der Waals surface area contributed by atoms with Gasteiger partial charge in [-0.25, -0.2) is 4.98 Å². The molecule has 0 aromatic carbocycles. The maximum absolute atomic E-state index is 5.48. The van der Waals surface area contributed by atoms with E-state index in [0.717, 1.165) is 5.52 Å². The number of rotatable bonds is 6. The van der Waals surface area contributed by atoms with Crippen LogP contribution in [-0.2, 0) is 9.47 Å². The predicted octanol–water partition coefficient (Wildman–Crippen LogP) is 2.04. The molecule has 0 aliphatic carbocycles. The van der Waals surface area contributed by atoms with E-state index in [0.29, 0.717) is 30.6 Å². The first-order valence-electron chi connectivity index (χ1n) is 5.92. The van der Waals surface area contributed by atoms with Gasteiger partial charge in [0.15, 0.2) is 11.5 Å². The van der Waals surface area contributed by atoms with Gasteiger partial charge in [0.1, 0.15) is 0 Å². The van der Waals surface area contributed by atoms with E-state index >= 15 is 0 Å². The minimum Gasteiger partial charge on any atom is -0.481 e. The number of pyridine rings is 1. The second kappa shape index (κ2) is 5.79. The van der Waals surface area contributed by atoms with Crippen LogP contribution in [0.15, 0.2) is 12.1 Å². The monoisotopic (exact) mass is 251 g/mol. The van der Waals surface area contributed by atoms with E-state index in [-0.39, 0.29) is 0 Å². The van der Waals surface area contributed by atoms with Gasteiger partial charge in [0.2, 0.25) is 12.2 Å². The van der Waals surface area contributed by atoms with Crippen molar-refractivity contribution in [1.29, 1.82) is 0 Å². The van der Waals surface area contributed by atoms with Crippen LogP contribution in [0.3, 0.4) is 0 Å². The van der Waals surface area contributed by atoms with Crippen LogP contribution in [0, 0.1) is 0 Å². The molecule has 0 bridgehead atoms. The average molecular weight is 251 g/mol. The lowest BCUT2D eigenvalue weighted by Crippen LogP contribution is -2.10. The van der Waals surface area contributed by atoms with Gasteiger partial charge in [-0.2, -0.15) is 4.98 Å². The lowest BCUT2D eigenvalue weighted by atomic mass is 10.4. The SMILES string of the molecule is CCOC(OCC)c1nc2nc(OC)ccc2[nH]1. The summed E-state index contributed by atoms with van der Waals surface area (Å²) in [5, 5.41) is 0. The third-order valence-electron chi connectivity index (χ3n) is 2.41. The van der Waals surface area contributed by atoms with Crippen molar-refractivity contribution in [2.24, 2.45) is 0 Å². The standard InChI is InChI=1S/C12H17N3O3/c1-4-17-12(18-5-2)11-13-8-6-7-9(16-3)14-10(8)15-11/h6-7,12H,4-5H2,1-3H3,(H,13,14,15). The number of nitrogens with zero attached hydrogens (tertiary/aromatic N) is 2. The molecular weight excluding hydrogens is 234 g/mol. The van der Waals surface area contributed by atoms with Crippen molar-refractivity contribution in [3.63, 3.8) is 0 Å². The van der Waals surface area contributed by atoms with Gasteiger partial charge in [-0.3, -0.25) is 0 Å². The number of methoxy groups -OCH3 is 1. The Balaban J connectivity index is 2.32. The van der Waals surface area contributed by atoms with Crippen LogP contribution in [0.25, 0.3) is 11.2 Å². The lowest BCUT2D eigenvalue weighted by molar-refractivity contribution is -0.144. The Morgan fingerprint density at radius 3 is 2.50 bits per heavy atom. The summed E-state index contributed by atoms with van der Waals surface area (Å²) in [6.07, 6.45) is -0.486. The fourth-order valence-corrected chi connectivity index (χ4v) is 1.63. The fourth-order valence-electron chi connectivity index (χ4n) is 1.63. The molecule has 6 nitrogen and oxygen atoms in total. The van der Waals surface area contributed by atoms with Crippen molar-refractivity contribution < 1.29 is 14.2 Å². The van der Waals surface area contributed by atoms with Gasteiger partial charge in [-0.05, 0) is 19.9 Å². The number of nitrogens with one attached hydrogen (secondary N) is 1. The zero-order chi connectivity index (χ0) is 13.0. The number of fused-ring (bicyclic) bond motifs is 1. The second-order valence-electron chi connectivity index (χ2n) is 3.59. The topological polar surface area (TPSA) is 69.3 Å². The number of ether oxygens (including phenoxy) is 3. The zero-order valence-electron chi connectivity index (χ0n) is 10.8. The molecule has 0 atom stereocenters. The molecule has 0 aliphatic heterocycles. The Labute approximate surface area is 105 Å². The predicted molar refractivity (Wildman–Crippen MR) is 66.4 cm³/mol. The summed E-state index contributed by atoms with van der Waals surface area (Å²) in [4.78, 5) is 11.7. The van der Waals surface area contributed by atoms with Crippen LogP contribution in [0.1, 0.15) is 26.0 Å². The fraction of sp³-hybridized carbons (Fsp3) is 0.500. The van der Waals surface area contributed by atoms with Crippen LogP contribution in [0.4, 0.5) is 0 Å². The summed E-state index contributed by atoms with van der Waals surface area (Å²) in [6, 6.07) is 3.65. The number of hydrogen-bond acceptors (Lipinski definition) is 5. The minimum atomic E-state index is -0.486. The van der Waals surface area contributed by atoms with Gasteiger partial charge >= 0.3 is 0 Å². The summed E-state index contributed by atoms with van der Waals surface area (Å²) in [5.74, 6) is 1.15.